The zero-order valence-corrected chi connectivity index (χ0v) is 5.83. The van der Waals surface area contributed by atoms with Gasteiger partial charge in [0.15, 0.2) is 0 Å². The fourth-order valence-electron chi connectivity index (χ4n) is 0.109. The first-order valence-corrected chi connectivity index (χ1v) is 4.12. The van der Waals surface area contributed by atoms with E-state index in [0.29, 0.717) is 17.8 Å². The Balaban J connectivity index is 3.42. The first kappa shape index (κ1) is 8.22. The van der Waals surface area contributed by atoms with Gasteiger partial charge >= 0.3 is 10.4 Å². The van der Waals surface area contributed by atoms with Crippen molar-refractivity contribution in [2.45, 2.75) is 6.92 Å². The summed E-state index contributed by atoms with van der Waals surface area (Å²) in [5.41, 5.74) is 0. The molecule has 0 unspecified atom stereocenters. The maximum atomic E-state index is 9.70. The molecular weight excluding hydrogens is 152 g/mol. The average molecular weight is 158 g/mol. The molecule has 0 aromatic heterocycles. The Morgan fingerprint density at radius 3 is 2.38 bits per heavy atom. The van der Waals surface area contributed by atoms with Gasteiger partial charge in [0.05, 0.1) is 0 Å². The van der Waals surface area contributed by atoms with Crippen LogP contribution >= 0.6 is 12.0 Å². The van der Waals surface area contributed by atoms with Gasteiger partial charge in [0.1, 0.15) is 0 Å². The van der Waals surface area contributed by atoms with Crippen molar-refractivity contribution in [1.82, 2.24) is 0 Å². The van der Waals surface area contributed by atoms with Gasteiger partial charge in [0, 0.05) is 17.8 Å². The van der Waals surface area contributed by atoms with Crippen molar-refractivity contribution in [3.8, 4) is 0 Å². The topological polar surface area (TPSA) is 63.6 Å². The highest BCUT2D eigenvalue weighted by Gasteiger charge is 2.01. The zero-order chi connectivity index (χ0) is 6.62. The quantitative estimate of drug-likeness (QED) is 0.478. The van der Waals surface area contributed by atoms with Gasteiger partial charge in [-0.05, 0) is 0 Å². The Bertz CT molecular complexity index is 136. The van der Waals surface area contributed by atoms with Crippen molar-refractivity contribution >= 4 is 22.4 Å². The van der Waals surface area contributed by atoms with Gasteiger partial charge in [-0.3, -0.25) is 4.55 Å². The van der Waals surface area contributed by atoms with E-state index in [4.69, 9.17) is 4.55 Å². The lowest BCUT2D eigenvalue weighted by atomic mass is 11.0. The first-order chi connectivity index (χ1) is 3.56. The normalized spacial score (nSPS) is 11.8. The van der Waals surface area contributed by atoms with Crippen LogP contribution in [0.5, 0.6) is 0 Å². The van der Waals surface area contributed by atoms with Crippen molar-refractivity contribution in [2.75, 3.05) is 5.75 Å². The lowest BCUT2D eigenvalue weighted by Gasteiger charge is -1.90. The van der Waals surface area contributed by atoms with E-state index in [0.717, 1.165) is 0 Å². The Labute approximate surface area is 52.4 Å². The Kier molecular flexibility index (Phi) is 3.38. The van der Waals surface area contributed by atoms with Crippen LogP contribution in [-0.4, -0.2) is 18.7 Å². The van der Waals surface area contributed by atoms with Crippen LogP contribution in [0.3, 0.4) is 0 Å². The molecule has 0 aromatic carbocycles. The van der Waals surface area contributed by atoms with Crippen LogP contribution in [0.1, 0.15) is 6.92 Å². The van der Waals surface area contributed by atoms with Gasteiger partial charge in [0.25, 0.3) is 0 Å². The molecule has 8 heavy (non-hydrogen) atoms. The molecular formula is C2H6O4S2. The van der Waals surface area contributed by atoms with Gasteiger partial charge in [-0.1, -0.05) is 6.92 Å². The first-order valence-electron chi connectivity index (χ1n) is 1.85. The molecule has 0 atom stereocenters. The van der Waals surface area contributed by atoms with E-state index in [1.165, 1.54) is 0 Å². The SMILES string of the molecule is CCSOS(=O)(=O)O. The molecule has 0 heterocycles. The Morgan fingerprint density at radius 1 is 1.75 bits per heavy atom. The fourth-order valence-corrected chi connectivity index (χ4v) is 0.980. The number of hydrogen-bond donors (Lipinski definition) is 1. The van der Waals surface area contributed by atoms with E-state index in [1.54, 1.807) is 6.92 Å². The minimum atomic E-state index is -4.22. The Hall–Kier alpha value is 0.220. The molecule has 0 spiro atoms. The highest BCUT2D eigenvalue weighted by atomic mass is 32.3. The maximum absolute atomic E-state index is 9.70. The standard InChI is InChI=1S/C2H6O4S2/c1-2-7-6-8(3,4)5/h2H2,1H3,(H,3,4,5). The second-order valence-corrected chi connectivity index (χ2v) is 3.12. The van der Waals surface area contributed by atoms with E-state index in [2.05, 4.69) is 3.63 Å². The number of hydrogen-bond acceptors (Lipinski definition) is 4. The van der Waals surface area contributed by atoms with Gasteiger partial charge in [-0.15, -0.1) is 0 Å². The molecule has 4 nitrogen and oxygen atoms in total. The molecule has 0 aromatic rings. The van der Waals surface area contributed by atoms with E-state index >= 15 is 0 Å². The third-order valence-electron chi connectivity index (χ3n) is 0.252. The van der Waals surface area contributed by atoms with E-state index in [9.17, 15) is 8.42 Å². The average Bonchev–Trinajstić information content (AvgIpc) is 1.59. The predicted molar refractivity (Wildman–Crippen MR) is 30.8 cm³/mol. The molecule has 0 saturated carbocycles. The summed E-state index contributed by atoms with van der Waals surface area (Å²) in [6, 6.07) is 0. The van der Waals surface area contributed by atoms with Crippen LogP contribution in [0.4, 0.5) is 0 Å². The molecule has 1 N–H and O–H groups in total. The van der Waals surface area contributed by atoms with E-state index in [1.807, 2.05) is 0 Å². The largest absolute Gasteiger partial charge is 0.408 e. The summed E-state index contributed by atoms with van der Waals surface area (Å²) < 4.78 is 31.1. The van der Waals surface area contributed by atoms with Crippen molar-refractivity contribution in [3.05, 3.63) is 0 Å². The molecule has 50 valence electrons. The van der Waals surface area contributed by atoms with Crippen LogP contribution in [-0.2, 0) is 14.0 Å². The molecule has 0 aliphatic carbocycles. The van der Waals surface area contributed by atoms with E-state index < -0.39 is 10.4 Å². The summed E-state index contributed by atoms with van der Waals surface area (Å²) in [5, 5.41) is 0. The van der Waals surface area contributed by atoms with Crippen molar-refractivity contribution in [1.29, 1.82) is 0 Å². The second-order valence-electron chi connectivity index (χ2n) is 0.902. The summed E-state index contributed by atoms with van der Waals surface area (Å²) in [5.74, 6) is 0.486. The fraction of sp³-hybridized carbons (Fsp3) is 1.00. The lowest BCUT2D eigenvalue weighted by molar-refractivity contribution is 0.408. The molecule has 0 amide bonds. The van der Waals surface area contributed by atoms with Crippen molar-refractivity contribution in [3.63, 3.8) is 0 Å². The summed E-state index contributed by atoms with van der Waals surface area (Å²) in [4.78, 5) is 0. The van der Waals surface area contributed by atoms with Gasteiger partial charge in [0.2, 0.25) is 0 Å². The highest BCUT2D eigenvalue weighted by Crippen LogP contribution is 2.04. The van der Waals surface area contributed by atoms with Crippen LogP contribution < -0.4 is 0 Å². The van der Waals surface area contributed by atoms with Crippen LogP contribution in [0, 0.1) is 0 Å². The molecule has 0 bridgehead atoms. The maximum Gasteiger partial charge on any atom is 0.408 e. The van der Waals surface area contributed by atoms with Gasteiger partial charge in [-0.25, -0.2) is 0 Å². The molecule has 0 radical (unpaired) electrons. The zero-order valence-electron chi connectivity index (χ0n) is 4.20. The minimum absolute atomic E-state index is 0.486. The van der Waals surface area contributed by atoms with Gasteiger partial charge < -0.3 is 0 Å². The molecule has 0 aliphatic rings. The predicted octanol–water partition coefficient (Wildman–Crippen LogP) is 0.474. The smallest absolute Gasteiger partial charge is 0.263 e. The van der Waals surface area contributed by atoms with Crippen LogP contribution in [0.25, 0.3) is 0 Å². The van der Waals surface area contributed by atoms with Crippen LogP contribution in [0.15, 0.2) is 0 Å². The van der Waals surface area contributed by atoms with E-state index in [-0.39, 0.29) is 0 Å². The third kappa shape index (κ3) is 6.22. The monoisotopic (exact) mass is 158 g/mol. The summed E-state index contributed by atoms with van der Waals surface area (Å²) in [6.45, 7) is 1.70. The third-order valence-corrected chi connectivity index (χ3v) is 1.56. The minimum Gasteiger partial charge on any atom is -0.263 e. The molecule has 0 rings (SSSR count). The molecule has 6 heteroatoms. The molecule has 0 aliphatic heterocycles. The van der Waals surface area contributed by atoms with Crippen molar-refractivity contribution in [2.24, 2.45) is 0 Å². The van der Waals surface area contributed by atoms with Gasteiger partial charge in [-0.2, -0.15) is 12.0 Å². The summed E-state index contributed by atoms with van der Waals surface area (Å²) >= 11 is 0.677. The number of rotatable bonds is 3. The van der Waals surface area contributed by atoms with Crippen molar-refractivity contribution < 1.29 is 16.6 Å². The summed E-state index contributed by atoms with van der Waals surface area (Å²) in [6.07, 6.45) is 0. The second kappa shape index (κ2) is 3.29. The molecule has 0 saturated heterocycles. The Morgan fingerprint density at radius 2 is 2.25 bits per heavy atom. The lowest BCUT2D eigenvalue weighted by Crippen LogP contribution is -1.96. The molecule has 0 fully saturated rings. The highest BCUT2D eigenvalue weighted by molar-refractivity contribution is 8.02. The summed E-state index contributed by atoms with van der Waals surface area (Å²) in [7, 11) is -4.22. The van der Waals surface area contributed by atoms with Crippen LogP contribution in [0.2, 0.25) is 0 Å².